The molecule has 37 heavy (non-hydrogen) atoms. The van der Waals surface area contributed by atoms with Crippen molar-refractivity contribution in [1.29, 1.82) is 0 Å². The predicted molar refractivity (Wildman–Crippen MR) is 141 cm³/mol. The summed E-state index contributed by atoms with van der Waals surface area (Å²) in [7, 11) is 1.89. The van der Waals surface area contributed by atoms with E-state index >= 15 is 0 Å². The van der Waals surface area contributed by atoms with Crippen molar-refractivity contribution in [3.8, 4) is 11.5 Å². The van der Waals surface area contributed by atoms with Gasteiger partial charge < -0.3 is 29.9 Å². The van der Waals surface area contributed by atoms with Gasteiger partial charge in [0, 0.05) is 56.9 Å². The molecule has 3 aromatic heterocycles. The smallest absolute Gasteiger partial charge is 0.222 e. The lowest BCUT2D eigenvalue weighted by atomic mass is 10.2. The fourth-order valence-corrected chi connectivity index (χ4v) is 4.07. The van der Waals surface area contributed by atoms with Crippen LogP contribution in [0.3, 0.4) is 0 Å². The number of ether oxygens (including phenoxy) is 1. The maximum Gasteiger partial charge on any atom is 0.222 e. The van der Waals surface area contributed by atoms with Crippen LogP contribution in [0.1, 0.15) is 20.8 Å². The average Bonchev–Trinajstić information content (AvgIpc) is 3.49. The van der Waals surface area contributed by atoms with Crippen molar-refractivity contribution in [2.24, 2.45) is 7.05 Å². The third-order valence-corrected chi connectivity index (χ3v) is 5.89. The zero-order valence-corrected chi connectivity index (χ0v) is 21.0. The Balaban J connectivity index is 1.42. The number of nitrogens with one attached hydrogen (secondary N) is 2. The molecule has 1 amide bonds. The lowest BCUT2D eigenvalue weighted by Crippen LogP contribution is -2.41. The SMILES string of the molecule is CC(=O)Nc1cc(Oc2ccc3nc(NC4=CC(n5cccn5)=CN(C(C)C)C4O)n(C)c3c2)ccn1. The number of nitrogens with zero attached hydrogens (tertiary/aromatic N) is 6. The van der Waals surface area contributed by atoms with E-state index in [1.807, 2.05) is 73.1 Å². The van der Waals surface area contributed by atoms with Crippen molar-refractivity contribution in [2.45, 2.75) is 33.0 Å². The molecule has 11 nitrogen and oxygen atoms in total. The van der Waals surface area contributed by atoms with Crippen LogP contribution in [0.5, 0.6) is 11.5 Å². The summed E-state index contributed by atoms with van der Waals surface area (Å²) in [6.07, 6.45) is 8.02. The number of pyridine rings is 1. The van der Waals surface area contributed by atoms with Crippen LogP contribution in [0.4, 0.5) is 11.8 Å². The number of amides is 1. The number of aliphatic hydroxyl groups is 1. The summed E-state index contributed by atoms with van der Waals surface area (Å²) in [5.74, 6) is 1.92. The highest BCUT2D eigenvalue weighted by Crippen LogP contribution is 2.30. The van der Waals surface area contributed by atoms with Gasteiger partial charge in [0.05, 0.1) is 22.4 Å². The van der Waals surface area contributed by atoms with Gasteiger partial charge in [-0.1, -0.05) is 0 Å². The van der Waals surface area contributed by atoms with Gasteiger partial charge in [0.2, 0.25) is 11.9 Å². The molecule has 1 atom stereocenters. The molecule has 1 aliphatic heterocycles. The first kappa shape index (κ1) is 24.1. The number of allylic oxidation sites excluding steroid dienone is 2. The highest BCUT2D eigenvalue weighted by Gasteiger charge is 2.26. The Kier molecular flexibility index (Phi) is 6.36. The second-order valence-electron chi connectivity index (χ2n) is 8.95. The Labute approximate surface area is 213 Å². The average molecular weight is 501 g/mol. The molecule has 5 rings (SSSR count). The molecule has 3 N–H and O–H groups in total. The molecule has 4 aromatic rings. The van der Waals surface area contributed by atoms with Gasteiger partial charge in [-0.05, 0) is 44.2 Å². The van der Waals surface area contributed by atoms with Crippen LogP contribution in [0.25, 0.3) is 16.7 Å². The molecule has 0 aliphatic carbocycles. The van der Waals surface area contributed by atoms with Gasteiger partial charge >= 0.3 is 0 Å². The Morgan fingerprint density at radius 2 is 1.97 bits per heavy atom. The second kappa shape index (κ2) is 9.78. The van der Waals surface area contributed by atoms with Crippen molar-refractivity contribution < 1.29 is 14.6 Å². The van der Waals surface area contributed by atoms with E-state index in [0.29, 0.717) is 29.0 Å². The van der Waals surface area contributed by atoms with Crippen LogP contribution in [0.15, 0.2) is 73.0 Å². The third-order valence-electron chi connectivity index (χ3n) is 5.89. The number of anilines is 2. The van der Waals surface area contributed by atoms with Crippen molar-refractivity contribution in [2.75, 3.05) is 10.6 Å². The molecule has 190 valence electrons. The number of carbonyl (C=O) groups is 1. The van der Waals surface area contributed by atoms with E-state index in [0.717, 1.165) is 16.7 Å². The molecule has 4 heterocycles. The molecular formula is C26H28N8O3. The van der Waals surface area contributed by atoms with Crippen LogP contribution in [0.2, 0.25) is 0 Å². The van der Waals surface area contributed by atoms with Crippen molar-refractivity contribution in [3.05, 3.63) is 73.0 Å². The summed E-state index contributed by atoms with van der Waals surface area (Å²) in [5.41, 5.74) is 3.00. The fourth-order valence-electron chi connectivity index (χ4n) is 4.07. The summed E-state index contributed by atoms with van der Waals surface area (Å²) < 4.78 is 9.66. The van der Waals surface area contributed by atoms with Crippen LogP contribution >= 0.6 is 0 Å². The van der Waals surface area contributed by atoms with Gasteiger partial charge in [-0.3, -0.25) is 4.79 Å². The van der Waals surface area contributed by atoms with Crippen LogP contribution in [-0.4, -0.2) is 52.5 Å². The molecule has 0 spiro atoms. The van der Waals surface area contributed by atoms with Crippen molar-refractivity contribution >= 4 is 34.4 Å². The summed E-state index contributed by atoms with van der Waals surface area (Å²) >= 11 is 0. The molecule has 1 aromatic carbocycles. The summed E-state index contributed by atoms with van der Waals surface area (Å²) in [6.45, 7) is 5.46. The van der Waals surface area contributed by atoms with Gasteiger partial charge in [0.1, 0.15) is 17.3 Å². The van der Waals surface area contributed by atoms with E-state index in [1.165, 1.54) is 6.92 Å². The number of imidazole rings is 1. The van der Waals surface area contributed by atoms with E-state index in [2.05, 4.69) is 20.7 Å². The number of fused-ring (bicyclic) bond motifs is 1. The van der Waals surface area contributed by atoms with Gasteiger partial charge in [0.25, 0.3) is 0 Å². The molecular weight excluding hydrogens is 472 g/mol. The zero-order chi connectivity index (χ0) is 26.1. The molecule has 0 radical (unpaired) electrons. The number of aromatic nitrogens is 5. The summed E-state index contributed by atoms with van der Waals surface area (Å²) in [4.78, 5) is 22.0. The molecule has 0 fully saturated rings. The number of carbonyl (C=O) groups excluding carboxylic acids is 1. The number of hydrogen-bond acceptors (Lipinski definition) is 8. The molecule has 1 unspecified atom stereocenters. The van der Waals surface area contributed by atoms with E-state index < -0.39 is 6.23 Å². The minimum absolute atomic E-state index is 0.0607. The highest BCUT2D eigenvalue weighted by atomic mass is 16.5. The maximum absolute atomic E-state index is 11.3. The minimum Gasteiger partial charge on any atom is -0.457 e. The number of aliphatic hydroxyl groups excluding tert-OH is 1. The summed E-state index contributed by atoms with van der Waals surface area (Å²) in [5, 5.41) is 21.3. The van der Waals surface area contributed by atoms with E-state index in [1.54, 1.807) is 29.2 Å². The topological polar surface area (TPSA) is 122 Å². The quantitative estimate of drug-likeness (QED) is 0.351. The lowest BCUT2D eigenvalue weighted by Gasteiger charge is -2.35. The van der Waals surface area contributed by atoms with Crippen LogP contribution in [-0.2, 0) is 11.8 Å². The van der Waals surface area contributed by atoms with Gasteiger partial charge in [-0.15, -0.1) is 0 Å². The van der Waals surface area contributed by atoms with Gasteiger partial charge in [-0.25, -0.2) is 14.6 Å². The Hall–Kier alpha value is -4.64. The summed E-state index contributed by atoms with van der Waals surface area (Å²) in [6, 6.07) is 10.9. The molecule has 11 heteroatoms. The molecule has 1 aliphatic rings. The first-order chi connectivity index (χ1) is 17.8. The van der Waals surface area contributed by atoms with Crippen LogP contribution < -0.4 is 15.4 Å². The minimum atomic E-state index is -0.873. The largest absolute Gasteiger partial charge is 0.457 e. The van der Waals surface area contributed by atoms with Crippen molar-refractivity contribution in [3.63, 3.8) is 0 Å². The lowest BCUT2D eigenvalue weighted by molar-refractivity contribution is -0.114. The van der Waals surface area contributed by atoms with E-state index in [-0.39, 0.29) is 11.9 Å². The maximum atomic E-state index is 11.3. The monoisotopic (exact) mass is 500 g/mol. The van der Waals surface area contributed by atoms with E-state index in [9.17, 15) is 9.90 Å². The number of hydrogen-bond donors (Lipinski definition) is 3. The fraction of sp³-hybridized carbons (Fsp3) is 0.231. The standard InChI is InChI=1S/C26H28N8O3/c1-16(2)33-15-18(34-11-5-9-28-34)12-22(25(33)36)31-26-30-21-7-6-19(13-23(21)32(26)4)37-20-8-10-27-24(14-20)29-17(3)35/h5-16,25,36H,1-4H3,(H,30,31)(H,27,29,35). The first-order valence-electron chi connectivity index (χ1n) is 11.8. The van der Waals surface area contributed by atoms with E-state index in [4.69, 9.17) is 9.72 Å². The molecule has 0 saturated carbocycles. The number of rotatable bonds is 7. The number of aryl methyl sites for hydroxylation is 1. The van der Waals surface area contributed by atoms with Gasteiger partial charge in [-0.2, -0.15) is 5.10 Å². The Morgan fingerprint density at radius 3 is 2.70 bits per heavy atom. The predicted octanol–water partition coefficient (Wildman–Crippen LogP) is 3.75. The Morgan fingerprint density at radius 1 is 1.16 bits per heavy atom. The normalized spacial score (nSPS) is 15.5. The number of benzene rings is 1. The Bertz CT molecular complexity index is 1500. The van der Waals surface area contributed by atoms with Crippen molar-refractivity contribution in [1.82, 2.24) is 29.2 Å². The molecule has 0 bridgehead atoms. The molecule has 0 saturated heterocycles. The first-order valence-corrected chi connectivity index (χ1v) is 11.8. The third kappa shape index (κ3) is 5.02. The second-order valence-corrected chi connectivity index (χ2v) is 8.95. The van der Waals surface area contributed by atoms with Crippen LogP contribution in [0, 0.1) is 0 Å². The highest BCUT2D eigenvalue weighted by molar-refractivity contribution is 5.87. The zero-order valence-electron chi connectivity index (χ0n) is 21.0. The van der Waals surface area contributed by atoms with Gasteiger partial charge in [0.15, 0.2) is 6.23 Å².